The number of carbonyl (C=O) groups excluding carboxylic acids is 1. The van der Waals surface area contributed by atoms with Crippen LogP contribution in [0.15, 0.2) is 24.4 Å². The third kappa shape index (κ3) is 3.26. The molecule has 0 bridgehead atoms. The summed E-state index contributed by atoms with van der Waals surface area (Å²) in [6.45, 7) is 3.27. The van der Waals surface area contributed by atoms with E-state index in [1.54, 1.807) is 11.3 Å². The van der Waals surface area contributed by atoms with Gasteiger partial charge in [-0.25, -0.2) is 9.97 Å². The van der Waals surface area contributed by atoms with Gasteiger partial charge in [-0.3, -0.25) is 4.79 Å². The Balaban J connectivity index is 1.50. The molecule has 2 N–H and O–H groups in total. The van der Waals surface area contributed by atoms with Crippen LogP contribution in [-0.4, -0.2) is 53.0 Å². The first-order valence-corrected chi connectivity index (χ1v) is 10.6. The maximum Gasteiger partial charge on any atom is 0.264 e. The van der Waals surface area contributed by atoms with E-state index in [1.165, 1.54) is 25.7 Å². The lowest BCUT2D eigenvalue weighted by molar-refractivity contribution is 0.0741. The Morgan fingerprint density at radius 2 is 2.04 bits per heavy atom. The fraction of sp³-hybridized carbons (Fsp3) is 0.450. The molecule has 1 aliphatic heterocycles. The van der Waals surface area contributed by atoms with Crippen LogP contribution in [0.4, 0.5) is 5.95 Å². The molecule has 1 amide bonds. The summed E-state index contributed by atoms with van der Waals surface area (Å²) in [5, 5.41) is 8.83. The predicted octanol–water partition coefficient (Wildman–Crippen LogP) is 3.24. The van der Waals surface area contributed by atoms with Crippen molar-refractivity contribution < 1.29 is 4.79 Å². The number of thiophene rings is 1. The minimum Gasteiger partial charge on any atom is -0.351 e. The molecular weight excluding hydrogens is 358 g/mol. The van der Waals surface area contributed by atoms with Gasteiger partial charge in [0.2, 0.25) is 5.95 Å². The molecule has 3 aromatic rings. The van der Waals surface area contributed by atoms with Crippen LogP contribution in [0, 0.1) is 0 Å². The third-order valence-corrected chi connectivity index (χ3v) is 6.64. The van der Waals surface area contributed by atoms with Gasteiger partial charge in [-0.15, -0.1) is 11.3 Å². The van der Waals surface area contributed by atoms with E-state index in [9.17, 15) is 4.79 Å². The molecule has 3 heterocycles. The molecule has 2 aromatic heterocycles. The second-order valence-electron chi connectivity index (χ2n) is 7.39. The maximum atomic E-state index is 12.9. The number of anilines is 1. The molecule has 5 rings (SSSR count). The number of nitrogens with one attached hydrogen (secondary N) is 2. The lowest BCUT2D eigenvalue weighted by atomic mass is 10.1. The van der Waals surface area contributed by atoms with E-state index in [0.29, 0.717) is 12.0 Å². The third-order valence-electron chi connectivity index (χ3n) is 5.55. The van der Waals surface area contributed by atoms with Gasteiger partial charge in [-0.2, -0.15) is 0 Å². The first-order valence-electron chi connectivity index (χ1n) is 9.74. The van der Waals surface area contributed by atoms with Crippen molar-refractivity contribution in [2.45, 2.75) is 31.7 Å². The number of fused-ring (bicyclic) bond motifs is 3. The van der Waals surface area contributed by atoms with Crippen molar-refractivity contribution in [3.8, 4) is 0 Å². The first-order chi connectivity index (χ1) is 13.3. The number of carbonyl (C=O) groups is 1. The fourth-order valence-electron chi connectivity index (χ4n) is 4.06. The van der Waals surface area contributed by atoms with Crippen molar-refractivity contribution in [2.75, 3.05) is 31.5 Å². The monoisotopic (exact) mass is 381 g/mol. The molecule has 0 atom stereocenters. The summed E-state index contributed by atoms with van der Waals surface area (Å²) in [5.41, 5.74) is 0.929. The zero-order valence-corrected chi connectivity index (χ0v) is 16.0. The van der Waals surface area contributed by atoms with Gasteiger partial charge < -0.3 is 15.5 Å². The van der Waals surface area contributed by atoms with Gasteiger partial charge in [0, 0.05) is 53.9 Å². The van der Waals surface area contributed by atoms with Gasteiger partial charge in [-0.1, -0.05) is 12.8 Å². The molecule has 0 radical (unpaired) electrons. The number of amides is 1. The van der Waals surface area contributed by atoms with Gasteiger partial charge >= 0.3 is 0 Å². The number of rotatable bonds is 3. The van der Waals surface area contributed by atoms with Crippen molar-refractivity contribution in [1.82, 2.24) is 20.2 Å². The summed E-state index contributed by atoms with van der Waals surface area (Å²) in [6.07, 6.45) is 6.81. The molecule has 6 nitrogen and oxygen atoms in total. The highest BCUT2D eigenvalue weighted by atomic mass is 32.1. The van der Waals surface area contributed by atoms with E-state index < -0.39 is 0 Å². The number of nitrogens with zero attached hydrogens (tertiary/aromatic N) is 3. The summed E-state index contributed by atoms with van der Waals surface area (Å²) >= 11 is 1.56. The Bertz CT molecular complexity index is 989. The van der Waals surface area contributed by atoms with Crippen LogP contribution in [0.2, 0.25) is 0 Å². The highest BCUT2D eigenvalue weighted by Crippen LogP contribution is 2.32. The van der Waals surface area contributed by atoms with Crippen molar-refractivity contribution in [3.05, 3.63) is 29.3 Å². The molecule has 0 spiro atoms. The average Bonchev–Trinajstić information content (AvgIpc) is 3.37. The highest BCUT2D eigenvalue weighted by Gasteiger charge is 2.21. The Morgan fingerprint density at radius 3 is 2.85 bits per heavy atom. The fourth-order valence-corrected chi connectivity index (χ4v) is 5.09. The van der Waals surface area contributed by atoms with E-state index >= 15 is 0 Å². The summed E-state index contributed by atoms with van der Waals surface area (Å²) < 4.78 is 1.10. The summed E-state index contributed by atoms with van der Waals surface area (Å²) in [5.74, 6) is 0.826. The van der Waals surface area contributed by atoms with Crippen LogP contribution < -0.4 is 10.6 Å². The van der Waals surface area contributed by atoms with Gasteiger partial charge in [0.15, 0.2) is 0 Å². The molecule has 2 aliphatic rings. The van der Waals surface area contributed by atoms with Crippen molar-refractivity contribution in [2.24, 2.45) is 0 Å². The van der Waals surface area contributed by atoms with Crippen LogP contribution in [0.1, 0.15) is 35.4 Å². The second kappa shape index (κ2) is 7.05. The van der Waals surface area contributed by atoms with Crippen molar-refractivity contribution in [3.63, 3.8) is 0 Å². The Hall–Kier alpha value is -2.25. The minimum atomic E-state index is 0.129. The van der Waals surface area contributed by atoms with Gasteiger partial charge in [0.1, 0.15) is 0 Å². The number of hydrogen-bond acceptors (Lipinski definition) is 6. The van der Waals surface area contributed by atoms with Crippen LogP contribution in [-0.2, 0) is 0 Å². The van der Waals surface area contributed by atoms with Crippen LogP contribution >= 0.6 is 11.3 Å². The largest absolute Gasteiger partial charge is 0.351 e. The van der Waals surface area contributed by atoms with Crippen LogP contribution in [0.5, 0.6) is 0 Å². The molecule has 1 aliphatic carbocycles. The Labute approximate surface area is 162 Å². The van der Waals surface area contributed by atoms with E-state index in [1.807, 2.05) is 23.2 Å². The molecule has 27 heavy (non-hydrogen) atoms. The summed E-state index contributed by atoms with van der Waals surface area (Å²) in [6, 6.07) is 6.62. The molecule has 140 valence electrons. The molecular formula is C20H23N5OS. The SMILES string of the molecule is O=C(c1cc2c(ccc3cnc(NC4CCCC4)nc32)s1)N1CCNCC1. The lowest BCUT2D eigenvalue weighted by Crippen LogP contribution is -2.46. The van der Waals surface area contributed by atoms with Crippen molar-refractivity contribution >= 4 is 44.2 Å². The van der Waals surface area contributed by atoms with Gasteiger partial charge in [0.05, 0.1) is 10.4 Å². The summed E-state index contributed by atoms with van der Waals surface area (Å²) in [4.78, 5) is 24.9. The van der Waals surface area contributed by atoms with Gasteiger partial charge in [0.25, 0.3) is 5.91 Å². The average molecular weight is 382 g/mol. The predicted molar refractivity (Wildman–Crippen MR) is 110 cm³/mol. The topological polar surface area (TPSA) is 70.2 Å². The quantitative estimate of drug-likeness (QED) is 0.729. The molecule has 0 unspecified atom stereocenters. The van der Waals surface area contributed by atoms with E-state index in [0.717, 1.165) is 52.0 Å². The number of benzene rings is 1. The molecule has 2 fully saturated rings. The van der Waals surface area contributed by atoms with E-state index in [2.05, 4.69) is 21.7 Å². The smallest absolute Gasteiger partial charge is 0.264 e. The van der Waals surface area contributed by atoms with Gasteiger partial charge in [-0.05, 0) is 31.0 Å². The van der Waals surface area contributed by atoms with E-state index in [4.69, 9.17) is 4.98 Å². The zero-order chi connectivity index (χ0) is 18.2. The van der Waals surface area contributed by atoms with Crippen LogP contribution in [0.3, 0.4) is 0 Å². The Morgan fingerprint density at radius 1 is 1.22 bits per heavy atom. The minimum absolute atomic E-state index is 0.129. The van der Waals surface area contributed by atoms with E-state index in [-0.39, 0.29) is 5.91 Å². The number of piperazine rings is 1. The maximum absolute atomic E-state index is 12.9. The Kier molecular flexibility index (Phi) is 4.41. The normalized spacial score (nSPS) is 18.4. The van der Waals surface area contributed by atoms with Crippen molar-refractivity contribution in [1.29, 1.82) is 0 Å². The summed E-state index contributed by atoms with van der Waals surface area (Å²) in [7, 11) is 0. The van der Waals surface area contributed by atoms with Crippen LogP contribution in [0.25, 0.3) is 21.0 Å². The standard InChI is InChI=1S/C20H23N5OS/c26-19(25-9-7-21-8-10-25)17-11-15-16(27-17)6-5-13-12-22-20(24-18(13)15)23-14-3-1-2-4-14/h5-6,11-12,14,21H,1-4,7-10H2,(H,22,23,24). The zero-order valence-electron chi connectivity index (χ0n) is 15.2. The first kappa shape index (κ1) is 16.9. The molecule has 7 heteroatoms. The molecule has 1 aromatic carbocycles. The lowest BCUT2D eigenvalue weighted by Gasteiger charge is -2.26. The second-order valence-corrected chi connectivity index (χ2v) is 8.47. The molecule has 1 saturated heterocycles. The number of aromatic nitrogens is 2. The number of hydrogen-bond donors (Lipinski definition) is 2. The highest BCUT2D eigenvalue weighted by molar-refractivity contribution is 7.21. The molecule has 1 saturated carbocycles.